The third-order valence-electron chi connectivity index (χ3n) is 4.75. The van der Waals surface area contributed by atoms with Crippen LogP contribution in [0.15, 0.2) is 4.90 Å². The number of halogens is 1. The summed E-state index contributed by atoms with van der Waals surface area (Å²) in [6.07, 6.45) is 8.37. The van der Waals surface area contributed by atoms with Crippen LogP contribution in [0.4, 0.5) is 11.8 Å². The molecule has 7 heteroatoms. The molecule has 1 saturated carbocycles. The third kappa shape index (κ3) is 4.22. The number of aromatic nitrogens is 2. The molecule has 0 radical (unpaired) electrons. The molecule has 1 aliphatic heterocycles. The summed E-state index contributed by atoms with van der Waals surface area (Å²) in [6.45, 7) is 4.09. The van der Waals surface area contributed by atoms with Crippen molar-refractivity contribution >= 4 is 35.1 Å². The van der Waals surface area contributed by atoms with Crippen LogP contribution in [0.5, 0.6) is 0 Å². The van der Waals surface area contributed by atoms with Gasteiger partial charge in [0.05, 0.1) is 4.90 Å². The van der Waals surface area contributed by atoms with Crippen LogP contribution in [-0.4, -0.2) is 60.4 Å². The molecule has 2 heterocycles. The standard InChI is InChI=1S/C16H26ClN5S/c1-21-8-10-22(11-9-21)15-13(23-2)14(17)19-16(20-15)18-12-6-4-3-5-7-12/h12H,3-11H2,1-2H3,(H,18,19,20). The van der Waals surface area contributed by atoms with Gasteiger partial charge >= 0.3 is 0 Å². The molecule has 1 aromatic heterocycles. The van der Waals surface area contributed by atoms with Crippen molar-refractivity contribution in [3.05, 3.63) is 5.15 Å². The topological polar surface area (TPSA) is 44.3 Å². The van der Waals surface area contributed by atoms with Crippen molar-refractivity contribution < 1.29 is 0 Å². The molecular formula is C16H26ClN5S. The maximum Gasteiger partial charge on any atom is 0.226 e. The van der Waals surface area contributed by atoms with E-state index in [1.807, 2.05) is 6.26 Å². The van der Waals surface area contributed by atoms with Gasteiger partial charge in [-0.05, 0) is 26.1 Å². The van der Waals surface area contributed by atoms with Crippen LogP contribution >= 0.6 is 23.4 Å². The number of piperazine rings is 1. The minimum Gasteiger partial charge on any atom is -0.353 e. The summed E-state index contributed by atoms with van der Waals surface area (Å²) >= 11 is 8.08. The van der Waals surface area contributed by atoms with Crippen molar-refractivity contribution in [3.63, 3.8) is 0 Å². The molecule has 3 rings (SSSR count). The number of likely N-dealkylation sites (N-methyl/N-ethyl adjacent to an activating group) is 1. The van der Waals surface area contributed by atoms with Gasteiger partial charge in [0.2, 0.25) is 5.95 Å². The molecule has 5 nitrogen and oxygen atoms in total. The Balaban J connectivity index is 1.81. The molecule has 1 saturated heterocycles. The zero-order chi connectivity index (χ0) is 16.2. The average Bonchev–Trinajstić information content (AvgIpc) is 2.56. The van der Waals surface area contributed by atoms with Crippen LogP contribution in [0.3, 0.4) is 0 Å². The molecule has 128 valence electrons. The lowest BCUT2D eigenvalue weighted by molar-refractivity contribution is 0.311. The maximum absolute atomic E-state index is 6.45. The van der Waals surface area contributed by atoms with Crippen LogP contribution in [0.1, 0.15) is 32.1 Å². The minimum atomic E-state index is 0.486. The van der Waals surface area contributed by atoms with Gasteiger partial charge in [-0.25, -0.2) is 0 Å². The van der Waals surface area contributed by atoms with E-state index >= 15 is 0 Å². The smallest absolute Gasteiger partial charge is 0.226 e. The molecule has 1 aromatic rings. The molecule has 2 fully saturated rings. The molecular weight excluding hydrogens is 330 g/mol. The van der Waals surface area contributed by atoms with Crippen LogP contribution in [0.25, 0.3) is 0 Å². The van der Waals surface area contributed by atoms with E-state index in [1.165, 1.54) is 32.1 Å². The zero-order valence-corrected chi connectivity index (χ0v) is 15.6. The van der Waals surface area contributed by atoms with E-state index in [9.17, 15) is 0 Å². The Morgan fingerprint density at radius 3 is 2.43 bits per heavy atom. The molecule has 1 aliphatic carbocycles. The SMILES string of the molecule is CSc1c(Cl)nc(NC2CCCCC2)nc1N1CCN(C)CC1. The summed E-state index contributed by atoms with van der Waals surface area (Å²) < 4.78 is 0. The first-order chi connectivity index (χ1) is 11.2. The Hall–Kier alpha value is -0.720. The fourth-order valence-corrected chi connectivity index (χ4v) is 4.28. The van der Waals surface area contributed by atoms with Gasteiger partial charge in [-0.15, -0.1) is 11.8 Å². The highest BCUT2D eigenvalue weighted by molar-refractivity contribution is 7.98. The van der Waals surface area contributed by atoms with Gasteiger partial charge in [0.15, 0.2) is 0 Å². The quantitative estimate of drug-likeness (QED) is 0.660. The van der Waals surface area contributed by atoms with Crippen molar-refractivity contribution in [1.29, 1.82) is 0 Å². The Kier molecular flexibility index (Phi) is 5.88. The predicted octanol–water partition coefficient (Wildman–Crippen LogP) is 3.35. The van der Waals surface area contributed by atoms with Gasteiger partial charge in [-0.1, -0.05) is 30.9 Å². The van der Waals surface area contributed by atoms with E-state index in [-0.39, 0.29) is 0 Å². The van der Waals surface area contributed by atoms with Crippen molar-refractivity contribution in [3.8, 4) is 0 Å². The van der Waals surface area contributed by atoms with Crippen LogP contribution in [0, 0.1) is 0 Å². The fourth-order valence-electron chi connectivity index (χ4n) is 3.31. The lowest BCUT2D eigenvalue weighted by atomic mass is 9.96. The Morgan fingerprint density at radius 2 is 1.78 bits per heavy atom. The van der Waals surface area contributed by atoms with Crippen LogP contribution < -0.4 is 10.2 Å². The molecule has 0 unspecified atom stereocenters. The van der Waals surface area contributed by atoms with E-state index in [4.69, 9.17) is 16.6 Å². The van der Waals surface area contributed by atoms with Crippen molar-refractivity contribution in [2.45, 2.75) is 43.0 Å². The first kappa shape index (κ1) is 17.1. The van der Waals surface area contributed by atoms with Crippen LogP contribution in [-0.2, 0) is 0 Å². The Morgan fingerprint density at radius 1 is 1.09 bits per heavy atom. The first-order valence-electron chi connectivity index (χ1n) is 8.49. The molecule has 0 spiro atoms. The number of anilines is 2. The predicted molar refractivity (Wildman–Crippen MR) is 99.0 cm³/mol. The monoisotopic (exact) mass is 355 g/mol. The van der Waals surface area contributed by atoms with E-state index < -0.39 is 0 Å². The summed E-state index contributed by atoms with van der Waals surface area (Å²) in [5.41, 5.74) is 0. The molecule has 0 amide bonds. The Bertz CT molecular complexity index is 527. The van der Waals surface area contributed by atoms with Crippen molar-refractivity contribution in [2.24, 2.45) is 0 Å². The first-order valence-corrected chi connectivity index (χ1v) is 10.1. The highest BCUT2D eigenvalue weighted by atomic mass is 35.5. The summed E-state index contributed by atoms with van der Waals surface area (Å²) in [7, 11) is 2.16. The molecule has 0 bridgehead atoms. The largest absolute Gasteiger partial charge is 0.353 e. The van der Waals surface area contributed by atoms with Gasteiger partial charge in [-0.3, -0.25) is 0 Å². The van der Waals surface area contributed by atoms with E-state index in [2.05, 4.69) is 27.1 Å². The highest BCUT2D eigenvalue weighted by Gasteiger charge is 2.23. The molecule has 23 heavy (non-hydrogen) atoms. The van der Waals surface area contributed by atoms with Gasteiger partial charge in [0.1, 0.15) is 11.0 Å². The molecule has 0 atom stereocenters. The second-order valence-electron chi connectivity index (χ2n) is 6.46. The van der Waals surface area contributed by atoms with Crippen LogP contribution in [0.2, 0.25) is 5.15 Å². The molecule has 0 aromatic carbocycles. The summed E-state index contributed by atoms with van der Waals surface area (Å²) in [4.78, 5) is 15.0. The lowest BCUT2D eigenvalue weighted by Gasteiger charge is -2.34. The summed E-state index contributed by atoms with van der Waals surface area (Å²) in [5.74, 6) is 1.68. The molecule has 2 aliphatic rings. The van der Waals surface area contributed by atoms with Gasteiger partial charge < -0.3 is 15.1 Å². The fraction of sp³-hybridized carbons (Fsp3) is 0.750. The number of nitrogens with one attached hydrogen (secondary N) is 1. The number of hydrogen-bond acceptors (Lipinski definition) is 6. The number of hydrogen-bond donors (Lipinski definition) is 1. The summed E-state index contributed by atoms with van der Waals surface area (Å²) in [5, 5.41) is 4.08. The Labute approximate surface area is 148 Å². The number of nitrogens with zero attached hydrogens (tertiary/aromatic N) is 4. The lowest BCUT2D eigenvalue weighted by Crippen LogP contribution is -2.45. The van der Waals surface area contributed by atoms with E-state index in [0.29, 0.717) is 17.1 Å². The number of rotatable bonds is 4. The minimum absolute atomic E-state index is 0.486. The highest BCUT2D eigenvalue weighted by Crippen LogP contribution is 2.34. The van der Waals surface area contributed by atoms with Gasteiger partial charge in [0, 0.05) is 32.2 Å². The van der Waals surface area contributed by atoms with Gasteiger partial charge in [-0.2, -0.15) is 9.97 Å². The second-order valence-corrected chi connectivity index (χ2v) is 7.64. The zero-order valence-electron chi connectivity index (χ0n) is 14.0. The maximum atomic E-state index is 6.45. The van der Waals surface area contributed by atoms with Crippen molar-refractivity contribution in [2.75, 3.05) is 49.7 Å². The molecule has 1 N–H and O–H groups in total. The van der Waals surface area contributed by atoms with Crippen molar-refractivity contribution in [1.82, 2.24) is 14.9 Å². The number of thioether (sulfide) groups is 1. The van der Waals surface area contributed by atoms with E-state index in [0.717, 1.165) is 36.9 Å². The van der Waals surface area contributed by atoms with E-state index in [1.54, 1.807) is 11.8 Å². The van der Waals surface area contributed by atoms with Gasteiger partial charge in [0.25, 0.3) is 0 Å². The third-order valence-corrected chi connectivity index (χ3v) is 5.92. The normalized spacial score (nSPS) is 20.7. The second kappa shape index (κ2) is 7.90. The average molecular weight is 356 g/mol. The summed E-state index contributed by atoms with van der Waals surface area (Å²) in [6, 6.07) is 0.486.